The molecule has 1 aromatic rings. The highest BCUT2D eigenvalue weighted by Gasteiger charge is 2.23. The minimum absolute atomic E-state index is 0.136. The van der Waals surface area contributed by atoms with E-state index in [0.29, 0.717) is 0 Å². The Morgan fingerprint density at radius 2 is 2.36 bits per heavy atom. The van der Waals surface area contributed by atoms with E-state index < -0.39 is 0 Å². The van der Waals surface area contributed by atoms with Crippen molar-refractivity contribution in [2.75, 3.05) is 7.11 Å². The Labute approximate surface area is 84.2 Å². The number of hydrogen-bond acceptors (Lipinski definition) is 2. The molecule has 0 fully saturated rings. The SMILES string of the molecule is C=C(C)[C@H]1Cc2ccc(OC)cc2O1. The van der Waals surface area contributed by atoms with Crippen LogP contribution in [0.4, 0.5) is 0 Å². The maximum absolute atomic E-state index is 5.73. The van der Waals surface area contributed by atoms with Crippen molar-refractivity contribution in [3.63, 3.8) is 0 Å². The van der Waals surface area contributed by atoms with Gasteiger partial charge >= 0.3 is 0 Å². The molecule has 0 radical (unpaired) electrons. The van der Waals surface area contributed by atoms with Crippen molar-refractivity contribution < 1.29 is 9.47 Å². The predicted molar refractivity (Wildman–Crippen MR) is 55.9 cm³/mol. The van der Waals surface area contributed by atoms with Gasteiger partial charge in [-0.15, -0.1) is 0 Å². The van der Waals surface area contributed by atoms with Crippen LogP contribution in [-0.4, -0.2) is 13.2 Å². The molecule has 0 aliphatic carbocycles. The molecule has 2 rings (SSSR count). The van der Waals surface area contributed by atoms with Gasteiger partial charge in [0, 0.05) is 12.5 Å². The van der Waals surface area contributed by atoms with Gasteiger partial charge in [0.15, 0.2) is 0 Å². The summed E-state index contributed by atoms with van der Waals surface area (Å²) in [4.78, 5) is 0. The second kappa shape index (κ2) is 3.37. The molecule has 0 bridgehead atoms. The molecule has 0 aromatic heterocycles. The van der Waals surface area contributed by atoms with Gasteiger partial charge < -0.3 is 9.47 Å². The molecule has 74 valence electrons. The fourth-order valence-electron chi connectivity index (χ4n) is 1.61. The van der Waals surface area contributed by atoms with Crippen LogP contribution < -0.4 is 9.47 Å². The molecule has 0 spiro atoms. The number of fused-ring (bicyclic) bond motifs is 1. The van der Waals surface area contributed by atoms with Crippen LogP contribution in [0, 0.1) is 0 Å². The summed E-state index contributed by atoms with van der Waals surface area (Å²) in [5, 5.41) is 0. The lowest BCUT2D eigenvalue weighted by atomic mass is 10.1. The van der Waals surface area contributed by atoms with Gasteiger partial charge in [-0.3, -0.25) is 0 Å². The van der Waals surface area contributed by atoms with E-state index in [1.165, 1.54) is 5.56 Å². The summed E-state index contributed by atoms with van der Waals surface area (Å²) >= 11 is 0. The molecule has 1 aliphatic rings. The second-order valence-corrected chi connectivity index (χ2v) is 3.63. The fourth-order valence-corrected chi connectivity index (χ4v) is 1.61. The molecular weight excluding hydrogens is 176 g/mol. The smallest absolute Gasteiger partial charge is 0.127 e. The van der Waals surface area contributed by atoms with E-state index in [4.69, 9.17) is 9.47 Å². The average Bonchev–Trinajstić information content (AvgIpc) is 2.59. The molecule has 2 heteroatoms. The molecule has 14 heavy (non-hydrogen) atoms. The Morgan fingerprint density at radius 1 is 1.57 bits per heavy atom. The molecule has 1 heterocycles. The summed E-state index contributed by atoms with van der Waals surface area (Å²) in [5.41, 5.74) is 2.30. The lowest BCUT2D eigenvalue weighted by Crippen LogP contribution is -2.13. The molecule has 0 saturated carbocycles. The van der Waals surface area contributed by atoms with Crippen molar-refractivity contribution in [2.45, 2.75) is 19.4 Å². The Morgan fingerprint density at radius 3 is 3.00 bits per heavy atom. The number of benzene rings is 1. The minimum Gasteiger partial charge on any atom is -0.497 e. The van der Waals surface area contributed by atoms with Gasteiger partial charge in [-0.2, -0.15) is 0 Å². The second-order valence-electron chi connectivity index (χ2n) is 3.63. The fraction of sp³-hybridized carbons (Fsp3) is 0.333. The first-order valence-electron chi connectivity index (χ1n) is 4.69. The van der Waals surface area contributed by atoms with Crippen LogP contribution in [0.2, 0.25) is 0 Å². The third-order valence-corrected chi connectivity index (χ3v) is 2.50. The van der Waals surface area contributed by atoms with Crippen molar-refractivity contribution in [3.8, 4) is 11.5 Å². The molecule has 1 aromatic carbocycles. The van der Waals surface area contributed by atoms with E-state index in [1.807, 2.05) is 19.1 Å². The van der Waals surface area contributed by atoms with Crippen LogP contribution in [0.15, 0.2) is 30.4 Å². The molecule has 0 amide bonds. The van der Waals surface area contributed by atoms with E-state index in [-0.39, 0.29) is 6.10 Å². The molecule has 1 aliphatic heterocycles. The highest BCUT2D eigenvalue weighted by atomic mass is 16.5. The average molecular weight is 190 g/mol. The maximum atomic E-state index is 5.73. The summed E-state index contributed by atoms with van der Waals surface area (Å²) in [6.45, 7) is 5.90. The van der Waals surface area contributed by atoms with Crippen LogP contribution in [0.25, 0.3) is 0 Å². The van der Waals surface area contributed by atoms with Gasteiger partial charge in [-0.05, 0) is 24.1 Å². The number of methoxy groups -OCH3 is 1. The third-order valence-electron chi connectivity index (χ3n) is 2.50. The van der Waals surface area contributed by atoms with Crippen molar-refractivity contribution in [1.82, 2.24) is 0 Å². The highest BCUT2D eigenvalue weighted by Crippen LogP contribution is 2.33. The Hall–Kier alpha value is -1.44. The topological polar surface area (TPSA) is 18.5 Å². The van der Waals surface area contributed by atoms with Crippen molar-refractivity contribution in [1.29, 1.82) is 0 Å². The number of hydrogen-bond donors (Lipinski definition) is 0. The first-order valence-corrected chi connectivity index (χ1v) is 4.69. The summed E-state index contributed by atoms with van der Waals surface area (Å²) in [6, 6.07) is 5.94. The zero-order valence-corrected chi connectivity index (χ0v) is 8.54. The zero-order valence-electron chi connectivity index (χ0n) is 8.54. The maximum Gasteiger partial charge on any atom is 0.127 e. The largest absolute Gasteiger partial charge is 0.497 e. The van der Waals surface area contributed by atoms with Crippen LogP contribution in [-0.2, 0) is 6.42 Å². The molecule has 0 N–H and O–H groups in total. The first kappa shape index (κ1) is 9.13. The number of rotatable bonds is 2. The van der Waals surface area contributed by atoms with Crippen LogP contribution in [0.5, 0.6) is 11.5 Å². The van der Waals surface area contributed by atoms with E-state index in [1.54, 1.807) is 7.11 Å². The Kier molecular flexibility index (Phi) is 2.20. The summed E-state index contributed by atoms with van der Waals surface area (Å²) in [5.74, 6) is 1.77. The van der Waals surface area contributed by atoms with Crippen molar-refractivity contribution >= 4 is 0 Å². The molecule has 2 nitrogen and oxygen atoms in total. The lowest BCUT2D eigenvalue weighted by molar-refractivity contribution is 0.270. The quantitative estimate of drug-likeness (QED) is 0.667. The molecule has 1 atom stereocenters. The van der Waals surface area contributed by atoms with E-state index >= 15 is 0 Å². The summed E-state index contributed by atoms with van der Waals surface area (Å²) in [6.07, 6.45) is 1.06. The molecular formula is C12H14O2. The monoisotopic (exact) mass is 190 g/mol. The summed E-state index contributed by atoms with van der Waals surface area (Å²) < 4.78 is 10.9. The van der Waals surface area contributed by atoms with Gasteiger partial charge in [-0.1, -0.05) is 12.6 Å². The van der Waals surface area contributed by atoms with Crippen LogP contribution >= 0.6 is 0 Å². The van der Waals surface area contributed by atoms with Gasteiger partial charge in [-0.25, -0.2) is 0 Å². The van der Waals surface area contributed by atoms with Gasteiger partial charge in [0.05, 0.1) is 7.11 Å². The van der Waals surface area contributed by atoms with Crippen LogP contribution in [0.3, 0.4) is 0 Å². The van der Waals surface area contributed by atoms with Gasteiger partial charge in [0.1, 0.15) is 17.6 Å². The molecule has 0 unspecified atom stereocenters. The summed E-state index contributed by atoms with van der Waals surface area (Å²) in [7, 11) is 1.66. The van der Waals surface area contributed by atoms with E-state index in [2.05, 4.69) is 12.6 Å². The molecule has 0 saturated heterocycles. The normalized spacial score (nSPS) is 18.6. The standard InChI is InChI=1S/C12H14O2/c1-8(2)11-6-9-4-5-10(13-3)7-12(9)14-11/h4-5,7,11H,1,6H2,2-3H3/t11-/m1/s1. The lowest BCUT2D eigenvalue weighted by Gasteiger charge is -2.09. The highest BCUT2D eigenvalue weighted by molar-refractivity contribution is 5.44. The first-order chi connectivity index (χ1) is 6.70. The van der Waals surface area contributed by atoms with Gasteiger partial charge in [0.25, 0.3) is 0 Å². The van der Waals surface area contributed by atoms with Crippen molar-refractivity contribution in [3.05, 3.63) is 35.9 Å². The van der Waals surface area contributed by atoms with Gasteiger partial charge in [0.2, 0.25) is 0 Å². The zero-order chi connectivity index (χ0) is 10.1. The number of ether oxygens (including phenoxy) is 2. The van der Waals surface area contributed by atoms with Crippen LogP contribution in [0.1, 0.15) is 12.5 Å². The Balaban J connectivity index is 2.27. The predicted octanol–water partition coefficient (Wildman–Crippen LogP) is 2.57. The third kappa shape index (κ3) is 1.48. The Bertz CT molecular complexity index is 369. The van der Waals surface area contributed by atoms with E-state index in [9.17, 15) is 0 Å². The van der Waals surface area contributed by atoms with Crippen molar-refractivity contribution in [2.24, 2.45) is 0 Å². The van der Waals surface area contributed by atoms with E-state index in [0.717, 1.165) is 23.5 Å². The minimum atomic E-state index is 0.136.